The average Bonchev–Trinajstić information content (AvgIpc) is 3.07. The molecule has 0 radical (unpaired) electrons. The van der Waals surface area contributed by atoms with Gasteiger partial charge in [-0.25, -0.2) is 0 Å². The van der Waals surface area contributed by atoms with E-state index in [1.165, 1.54) is 54.9 Å². The van der Waals surface area contributed by atoms with Crippen molar-refractivity contribution in [3.63, 3.8) is 0 Å². The Hall–Kier alpha value is -1.25. The van der Waals surface area contributed by atoms with Gasteiger partial charge in [-0.2, -0.15) is 0 Å². The maximum atomic E-state index is 2.60. The number of rotatable bonds is 6. The van der Waals surface area contributed by atoms with Gasteiger partial charge in [0.1, 0.15) is 0 Å². The number of hydrogen-bond donors (Lipinski definition) is 0. The second-order valence-electron chi connectivity index (χ2n) is 6.12. The van der Waals surface area contributed by atoms with Gasteiger partial charge in [0.25, 0.3) is 0 Å². The van der Waals surface area contributed by atoms with Crippen LogP contribution in [0.2, 0.25) is 0 Å². The summed E-state index contributed by atoms with van der Waals surface area (Å²) in [6.07, 6.45) is 2.76. The van der Waals surface area contributed by atoms with Crippen LogP contribution in [0.1, 0.15) is 34.8 Å². The molecule has 3 rings (SSSR count). The Balaban J connectivity index is 1.70. The molecule has 2 aromatic carbocycles. The quantitative estimate of drug-likeness (QED) is 0.745. The molecule has 1 nitrogen and oxygen atoms in total. The minimum Gasteiger partial charge on any atom is -0.303 e. The van der Waals surface area contributed by atoms with Crippen molar-refractivity contribution in [2.24, 2.45) is 0 Å². The van der Waals surface area contributed by atoms with E-state index in [0.29, 0.717) is 5.25 Å². The first kappa shape index (κ1) is 15.6. The number of likely N-dealkylation sites (tertiary alicyclic amines) is 1. The maximum Gasteiger partial charge on any atom is 0.0547 e. The van der Waals surface area contributed by atoms with E-state index in [4.69, 9.17) is 0 Å². The highest BCUT2D eigenvalue weighted by Gasteiger charge is 2.16. The Labute approximate surface area is 138 Å². The lowest BCUT2D eigenvalue weighted by Gasteiger charge is -2.20. The van der Waals surface area contributed by atoms with Crippen LogP contribution in [0.4, 0.5) is 0 Å². The summed E-state index contributed by atoms with van der Waals surface area (Å²) < 4.78 is 0. The topological polar surface area (TPSA) is 3.24 Å². The summed E-state index contributed by atoms with van der Waals surface area (Å²) in [6, 6.07) is 19.9. The molecular formula is C20H25NS. The Morgan fingerprint density at radius 2 is 1.55 bits per heavy atom. The van der Waals surface area contributed by atoms with Crippen LogP contribution in [0.5, 0.6) is 0 Å². The fraction of sp³-hybridized carbons (Fsp3) is 0.400. The predicted octanol–water partition coefficient (Wildman–Crippen LogP) is 4.91. The highest BCUT2D eigenvalue weighted by atomic mass is 32.2. The molecule has 1 aliphatic heterocycles. The summed E-state index contributed by atoms with van der Waals surface area (Å²) >= 11 is 2.08. The van der Waals surface area contributed by atoms with E-state index in [9.17, 15) is 0 Å². The summed E-state index contributed by atoms with van der Waals surface area (Å²) in [7, 11) is 0. The molecule has 0 aliphatic carbocycles. The van der Waals surface area contributed by atoms with E-state index in [-0.39, 0.29) is 0 Å². The van der Waals surface area contributed by atoms with Gasteiger partial charge in [0.05, 0.1) is 5.25 Å². The number of nitrogens with zero attached hydrogens (tertiary/aromatic N) is 1. The molecule has 0 amide bonds. The minimum atomic E-state index is 0.449. The van der Waals surface area contributed by atoms with Gasteiger partial charge in [-0.3, -0.25) is 0 Å². The SMILES string of the molecule is Cc1ccc([C@H](SCCN2CCCC2)c2ccccc2)cc1. The largest absolute Gasteiger partial charge is 0.303 e. The van der Waals surface area contributed by atoms with Crippen LogP contribution in [0.3, 0.4) is 0 Å². The van der Waals surface area contributed by atoms with Crippen LogP contribution in [0.25, 0.3) is 0 Å². The van der Waals surface area contributed by atoms with Gasteiger partial charge in [0, 0.05) is 12.3 Å². The third kappa shape index (κ3) is 4.15. The van der Waals surface area contributed by atoms with E-state index in [2.05, 4.69) is 78.2 Å². The Kier molecular flexibility index (Phi) is 5.58. The minimum absolute atomic E-state index is 0.449. The first-order valence-corrected chi connectivity index (χ1v) is 9.33. The molecule has 0 spiro atoms. The van der Waals surface area contributed by atoms with Gasteiger partial charge in [-0.15, -0.1) is 11.8 Å². The van der Waals surface area contributed by atoms with Gasteiger partial charge in [0.2, 0.25) is 0 Å². The Morgan fingerprint density at radius 1 is 0.909 bits per heavy atom. The monoisotopic (exact) mass is 311 g/mol. The molecule has 1 aliphatic rings. The van der Waals surface area contributed by atoms with Crippen molar-refractivity contribution in [2.75, 3.05) is 25.4 Å². The van der Waals surface area contributed by atoms with E-state index in [0.717, 1.165) is 0 Å². The standard InChI is InChI=1S/C20H25NS/c1-17-9-11-19(12-10-17)20(18-7-3-2-4-8-18)22-16-15-21-13-5-6-14-21/h2-4,7-12,20H,5-6,13-16H2,1H3/t20-/m1/s1. The van der Waals surface area contributed by atoms with Crippen LogP contribution >= 0.6 is 11.8 Å². The summed E-state index contributed by atoms with van der Waals surface area (Å²) in [5.74, 6) is 1.20. The summed E-state index contributed by atoms with van der Waals surface area (Å²) in [4.78, 5) is 2.60. The zero-order valence-corrected chi connectivity index (χ0v) is 14.2. The highest BCUT2D eigenvalue weighted by molar-refractivity contribution is 7.99. The first-order valence-electron chi connectivity index (χ1n) is 8.28. The van der Waals surface area contributed by atoms with Crippen LogP contribution in [-0.2, 0) is 0 Å². The molecule has 1 atom stereocenters. The average molecular weight is 311 g/mol. The van der Waals surface area contributed by atoms with Gasteiger partial charge in [0.15, 0.2) is 0 Å². The number of aryl methyl sites for hydroxylation is 1. The summed E-state index contributed by atoms with van der Waals surface area (Å²) in [5.41, 5.74) is 4.17. The second-order valence-corrected chi connectivity index (χ2v) is 7.33. The first-order chi connectivity index (χ1) is 10.8. The van der Waals surface area contributed by atoms with E-state index in [1.807, 2.05) is 0 Å². The summed E-state index contributed by atoms with van der Waals surface area (Å²) in [6.45, 7) is 5.96. The fourth-order valence-corrected chi connectivity index (χ4v) is 4.36. The Bertz CT molecular complexity index is 558. The van der Waals surface area contributed by atoms with E-state index in [1.54, 1.807) is 0 Å². The van der Waals surface area contributed by atoms with Crippen molar-refractivity contribution < 1.29 is 0 Å². The van der Waals surface area contributed by atoms with Gasteiger partial charge < -0.3 is 4.90 Å². The molecule has 1 saturated heterocycles. The van der Waals surface area contributed by atoms with Gasteiger partial charge in [-0.05, 0) is 44.0 Å². The smallest absolute Gasteiger partial charge is 0.0547 e. The van der Waals surface area contributed by atoms with Crippen LogP contribution in [0, 0.1) is 6.92 Å². The Morgan fingerprint density at radius 3 is 2.23 bits per heavy atom. The third-order valence-corrected chi connectivity index (χ3v) is 5.67. The zero-order valence-electron chi connectivity index (χ0n) is 13.4. The lowest BCUT2D eigenvalue weighted by Crippen LogP contribution is -2.22. The van der Waals surface area contributed by atoms with Crippen LogP contribution in [0.15, 0.2) is 54.6 Å². The lowest BCUT2D eigenvalue weighted by molar-refractivity contribution is 0.362. The van der Waals surface area contributed by atoms with Crippen LogP contribution in [-0.4, -0.2) is 30.3 Å². The number of benzene rings is 2. The molecule has 22 heavy (non-hydrogen) atoms. The predicted molar refractivity (Wildman–Crippen MR) is 97.6 cm³/mol. The molecule has 0 aromatic heterocycles. The molecule has 0 saturated carbocycles. The van der Waals surface area contributed by atoms with E-state index < -0.39 is 0 Å². The fourth-order valence-electron chi connectivity index (χ4n) is 3.06. The van der Waals surface area contributed by atoms with Gasteiger partial charge >= 0.3 is 0 Å². The van der Waals surface area contributed by atoms with Gasteiger partial charge in [-0.1, -0.05) is 60.2 Å². The normalized spacial score (nSPS) is 16.8. The number of hydrogen-bond acceptors (Lipinski definition) is 2. The van der Waals surface area contributed by atoms with Crippen molar-refractivity contribution in [1.29, 1.82) is 0 Å². The molecular weight excluding hydrogens is 286 g/mol. The maximum absolute atomic E-state index is 2.60. The lowest BCUT2D eigenvalue weighted by atomic mass is 10.0. The van der Waals surface area contributed by atoms with Crippen molar-refractivity contribution >= 4 is 11.8 Å². The molecule has 1 heterocycles. The second kappa shape index (κ2) is 7.85. The van der Waals surface area contributed by atoms with E-state index >= 15 is 0 Å². The molecule has 0 N–H and O–H groups in total. The molecule has 0 bridgehead atoms. The van der Waals surface area contributed by atoms with Crippen LogP contribution < -0.4 is 0 Å². The highest BCUT2D eigenvalue weighted by Crippen LogP contribution is 2.35. The molecule has 2 aromatic rings. The van der Waals surface area contributed by atoms with Crippen molar-refractivity contribution in [2.45, 2.75) is 25.0 Å². The number of thioether (sulfide) groups is 1. The molecule has 2 heteroatoms. The molecule has 0 unspecified atom stereocenters. The zero-order chi connectivity index (χ0) is 15.2. The molecule has 116 valence electrons. The molecule has 1 fully saturated rings. The van der Waals surface area contributed by atoms with Crippen molar-refractivity contribution in [1.82, 2.24) is 4.90 Å². The summed E-state index contributed by atoms with van der Waals surface area (Å²) in [5, 5.41) is 0.449. The van der Waals surface area contributed by atoms with Crippen molar-refractivity contribution in [3.05, 3.63) is 71.3 Å². The third-order valence-electron chi connectivity index (χ3n) is 4.37. The van der Waals surface area contributed by atoms with Crippen molar-refractivity contribution in [3.8, 4) is 0 Å².